The van der Waals surface area contributed by atoms with Crippen molar-refractivity contribution in [3.05, 3.63) is 181 Å². The van der Waals surface area contributed by atoms with Gasteiger partial charge in [-0.25, -0.2) is 9.97 Å². The molecule has 1 aromatic heterocycles. The summed E-state index contributed by atoms with van der Waals surface area (Å²) in [5, 5.41) is 11.7. The SMILES string of the molecule is N#Cc1cccc(-c2ccc(-c3ccc(-c4ccc(-c5nc(-c6ccccc6)cc(-c6ccccc6)n5)cc4)c4ccccc34)cc2)c1. The molecule has 8 aromatic rings. The summed E-state index contributed by atoms with van der Waals surface area (Å²) in [4.78, 5) is 10.0. The van der Waals surface area contributed by atoms with Crippen LogP contribution in [0.3, 0.4) is 0 Å². The topological polar surface area (TPSA) is 49.6 Å². The Morgan fingerprint density at radius 2 is 0.812 bits per heavy atom. The van der Waals surface area contributed by atoms with Crippen LogP contribution in [0, 0.1) is 11.3 Å². The molecule has 0 spiro atoms. The molecule has 0 aliphatic heterocycles. The molecule has 8 rings (SSSR count). The van der Waals surface area contributed by atoms with E-state index in [4.69, 9.17) is 9.97 Å². The average molecular weight is 612 g/mol. The van der Waals surface area contributed by atoms with Crippen molar-refractivity contribution in [3.8, 4) is 73.4 Å². The van der Waals surface area contributed by atoms with E-state index in [1.54, 1.807) is 0 Å². The summed E-state index contributed by atoms with van der Waals surface area (Å²) >= 11 is 0. The Kier molecular flexibility index (Phi) is 7.59. The van der Waals surface area contributed by atoms with Crippen LogP contribution < -0.4 is 0 Å². The Bertz CT molecular complexity index is 2370. The van der Waals surface area contributed by atoms with Gasteiger partial charge in [0.2, 0.25) is 0 Å². The van der Waals surface area contributed by atoms with Gasteiger partial charge in [0.05, 0.1) is 23.0 Å². The molecule has 0 saturated heterocycles. The van der Waals surface area contributed by atoms with Gasteiger partial charge < -0.3 is 0 Å². The van der Waals surface area contributed by atoms with E-state index in [-0.39, 0.29) is 0 Å². The third kappa shape index (κ3) is 5.64. The van der Waals surface area contributed by atoms with Crippen LogP contribution in [0.2, 0.25) is 0 Å². The van der Waals surface area contributed by atoms with E-state index in [0.717, 1.165) is 50.3 Å². The highest BCUT2D eigenvalue weighted by atomic mass is 14.9. The van der Waals surface area contributed by atoms with E-state index < -0.39 is 0 Å². The lowest BCUT2D eigenvalue weighted by Gasteiger charge is -2.13. The Labute approximate surface area is 280 Å². The third-order valence-corrected chi connectivity index (χ3v) is 8.76. The maximum absolute atomic E-state index is 9.32. The van der Waals surface area contributed by atoms with E-state index in [1.165, 1.54) is 21.9 Å². The zero-order valence-electron chi connectivity index (χ0n) is 26.1. The van der Waals surface area contributed by atoms with Gasteiger partial charge in [0, 0.05) is 16.7 Å². The summed E-state index contributed by atoms with van der Waals surface area (Å²) in [6, 6.07) is 62.8. The minimum absolute atomic E-state index is 0.663. The van der Waals surface area contributed by atoms with Crippen molar-refractivity contribution in [3.63, 3.8) is 0 Å². The van der Waals surface area contributed by atoms with Crippen LogP contribution in [-0.4, -0.2) is 9.97 Å². The lowest BCUT2D eigenvalue weighted by Crippen LogP contribution is -1.96. The standard InChI is InChI=1S/C45H29N3/c46-30-31-10-9-15-38(28-31)32-18-20-33(21-19-32)39-26-27-40(42-17-8-7-16-41(39)42)34-22-24-37(25-23-34)45-47-43(35-11-3-1-4-12-35)29-44(48-45)36-13-5-2-6-14-36/h1-29H. The van der Waals surface area contributed by atoms with Crippen molar-refractivity contribution in [2.24, 2.45) is 0 Å². The first-order valence-electron chi connectivity index (χ1n) is 16.0. The Morgan fingerprint density at radius 1 is 0.354 bits per heavy atom. The molecule has 0 amide bonds. The largest absolute Gasteiger partial charge is 0.228 e. The zero-order valence-corrected chi connectivity index (χ0v) is 26.1. The monoisotopic (exact) mass is 611 g/mol. The van der Waals surface area contributed by atoms with Crippen LogP contribution in [0.5, 0.6) is 0 Å². The number of benzene rings is 7. The maximum atomic E-state index is 9.32. The Balaban J connectivity index is 1.15. The van der Waals surface area contributed by atoms with Gasteiger partial charge in [0.25, 0.3) is 0 Å². The fraction of sp³-hybridized carbons (Fsp3) is 0. The van der Waals surface area contributed by atoms with Gasteiger partial charge >= 0.3 is 0 Å². The summed E-state index contributed by atoms with van der Waals surface area (Å²) in [5.41, 5.74) is 12.3. The van der Waals surface area contributed by atoms with Crippen molar-refractivity contribution in [1.82, 2.24) is 9.97 Å². The lowest BCUT2D eigenvalue weighted by molar-refractivity contribution is 1.18. The first-order chi connectivity index (χ1) is 23.7. The molecule has 0 atom stereocenters. The molecule has 0 aliphatic rings. The highest BCUT2D eigenvalue weighted by molar-refractivity contribution is 6.05. The van der Waals surface area contributed by atoms with Crippen molar-refractivity contribution in [1.29, 1.82) is 5.26 Å². The summed E-state index contributed by atoms with van der Waals surface area (Å²) < 4.78 is 0. The number of fused-ring (bicyclic) bond motifs is 1. The van der Waals surface area contributed by atoms with Crippen molar-refractivity contribution in [2.45, 2.75) is 0 Å². The third-order valence-electron chi connectivity index (χ3n) is 8.76. The minimum Gasteiger partial charge on any atom is -0.228 e. The number of rotatable bonds is 6. The number of aromatic nitrogens is 2. The summed E-state index contributed by atoms with van der Waals surface area (Å²) in [6.07, 6.45) is 0. The predicted molar refractivity (Wildman–Crippen MR) is 197 cm³/mol. The van der Waals surface area contributed by atoms with Gasteiger partial charge in [-0.15, -0.1) is 0 Å². The van der Waals surface area contributed by atoms with Crippen LogP contribution >= 0.6 is 0 Å². The van der Waals surface area contributed by atoms with E-state index in [2.05, 4.69) is 121 Å². The van der Waals surface area contributed by atoms with E-state index in [0.29, 0.717) is 11.4 Å². The van der Waals surface area contributed by atoms with Crippen LogP contribution in [0.15, 0.2) is 176 Å². The molecule has 48 heavy (non-hydrogen) atoms. The van der Waals surface area contributed by atoms with Crippen molar-refractivity contribution >= 4 is 10.8 Å². The van der Waals surface area contributed by atoms with Crippen LogP contribution in [0.4, 0.5) is 0 Å². The molecule has 0 bridgehead atoms. The fourth-order valence-corrected chi connectivity index (χ4v) is 6.30. The van der Waals surface area contributed by atoms with Crippen LogP contribution in [0.1, 0.15) is 5.56 Å². The quantitative estimate of drug-likeness (QED) is 0.188. The highest BCUT2D eigenvalue weighted by Gasteiger charge is 2.13. The molecule has 0 fully saturated rings. The molecule has 0 saturated carbocycles. The lowest BCUT2D eigenvalue weighted by atomic mass is 9.91. The predicted octanol–water partition coefficient (Wildman–Crippen LogP) is 11.5. The van der Waals surface area contributed by atoms with Gasteiger partial charge in [0.1, 0.15) is 0 Å². The first kappa shape index (κ1) is 28.8. The van der Waals surface area contributed by atoms with Gasteiger partial charge in [-0.05, 0) is 62.4 Å². The normalized spacial score (nSPS) is 10.9. The second-order valence-electron chi connectivity index (χ2n) is 11.7. The van der Waals surface area contributed by atoms with Gasteiger partial charge in [-0.3, -0.25) is 0 Å². The molecule has 0 N–H and O–H groups in total. The molecule has 224 valence electrons. The molecular formula is C45H29N3. The second-order valence-corrected chi connectivity index (χ2v) is 11.7. The summed E-state index contributed by atoms with van der Waals surface area (Å²) in [7, 11) is 0. The molecule has 7 aromatic carbocycles. The second kappa shape index (κ2) is 12.6. The first-order valence-corrected chi connectivity index (χ1v) is 16.0. The highest BCUT2D eigenvalue weighted by Crippen LogP contribution is 2.37. The zero-order chi connectivity index (χ0) is 32.3. The summed E-state index contributed by atoms with van der Waals surface area (Å²) in [6.45, 7) is 0. The number of hydrogen-bond donors (Lipinski definition) is 0. The van der Waals surface area contributed by atoms with Crippen molar-refractivity contribution in [2.75, 3.05) is 0 Å². The molecule has 0 aliphatic carbocycles. The molecular weight excluding hydrogens is 583 g/mol. The fourth-order valence-electron chi connectivity index (χ4n) is 6.30. The van der Waals surface area contributed by atoms with Gasteiger partial charge in [-0.2, -0.15) is 5.26 Å². The number of nitriles is 1. The maximum Gasteiger partial charge on any atom is 0.160 e. The summed E-state index contributed by atoms with van der Waals surface area (Å²) in [5.74, 6) is 0.699. The average Bonchev–Trinajstić information content (AvgIpc) is 3.18. The molecule has 3 nitrogen and oxygen atoms in total. The van der Waals surface area contributed by atoms with Gasteiger partial charge in [-0.1, -0.05) is 158 Å². The van der Waals surface area contributed by atoms with E-state index in [9.17, 15) is 5.26 Å². The molecule has 0 radical (unpaired) electrons. The van der Waals surface area contributed by atoms with Crippen molar-refractivity contribution < 1.29 is 0 Å². The van der Waals surface area contributed by atoms with E-state index >= 15 is 0 Å². The molecule has 0 unspecified atom stereocenters. The Hall–Kier alpha value is -6.63. The molecule has 1 heterocycles. The van der Waals surface area contributed by atoms with Crippen LogP contribution in [0.25, 0.3) is 78.1 Å². The molecule has 3 heteroatoms. The van der Waals surface area contributed by atoms with Gasteiger partial charge in [0.15, 0.2) is 5.82 Å². The smallest absolute Gasteiger partial charge is 0.160 e. The number of nitrogens with zero attached hydrogens (tertiary/aromatic N) is 3. The number of hydrogen-bond acceptors (Lipinski definition) is 3. The minimum atomic E-state index is 0.663. The Morgan fingerprint density at radius 3 is 1.33 bits per heavy atom. The van der Waals surface area contributed by atoms with Crippen LogP contribution in [-0.2, 0) is 0 Å². The van der Waals surface area contributed by atoms with E-state index in [1.807, 2.05) is 60.7 Å².